The number of hydrogen-bond acceptors (Lipinski definition) is 1. The lowest BCUT2D eigenvalue weighted by Gasteiger charge is -2.06. The van der Waals surface area contributed by atoms with Crippen LogP contribution < -0.4 is 5.19 Å². The molecule has 0 heterocycles. The summed E-state index contributed by atoms with van der Waals surface area (Å²) in [6.45, 7) is 0. The predicted molar refractivity (Wildman–Crippen MR) is 53.1 cm³/mol. The number of halogens is 2. The summed E-state index contributed by atoms with van der Waals surface area (Å²) in [6, 6.07) is 7.64. The summed E-state index contributed by atoms with van der Waals surface area (Å²) >= 11 is 11.5. The van der Waals surface area contributed by atoms with E-state index in [0.29, 0.717) is 0 Å². The lowest BCUT2D eigenvalue weighted by atomic mass is 10.2. The highest BCUT2D eigenvalue weighted by molar-refractivity contribution is 6.53. The SMILES string of the molecule is [Si]O[Si]c1ccccc1C(Cl)Cl. The molecule has 12 heavy (non-hydrogen) atoms. The Morgan fingerprint density at radius 2 is 2.00 bits per heavy atom. The third-order valence-electron chi connectivity index (χ3n) is 1.36. The van der Waals surface area contributed by atoms with Gasteiger partial charge in [0, 0.05) is 0 Å². The Balaban J connectivity index is 2.92. The molecule has 0 atom stereocenters. The van der Waals surface area contributed by atoms with Crippen molar-refractivity contribution in [2.45, 2.75) is 4.84 Å². The summed E-state index contributed by atoms with van der Waals surface area (Å²) in [5, 5.41) is 1.02. The van der Waals surface area contributed by atoms with Gasteiger partial charge in [0.2, 0.25) is 10.5 Å². The minimum Gasteiger partial charge on any atom is -0.454 e. The summed E-state index contributed by atoms with van der Waals surface area (Å²) in [5.74, 6) is 0. The highest BCUT2D eigenvalue weighted by atomic mass is 35.5. The quantitative estimate of drug-likeness (QED) is 0.567. The fraction of sp³-hybridized carbons (Fsp3) is 0.143. The average molecular weight is 232 g/mol. The standard InChI is InChI=1S/C7H5Cl2OSi2/c8-7(9)5-3-1-2-4-6(5)12-10-11/h1-4,7H. The fourth-order valence-corrected chi connectivity index (χ4v) is 2.35. The van der Waals surface area contributed by atoms with Crippen molar-refractivity contribution in [1.82, 2.24) is 0 Å². The molecule has 0 fully saturated rings. The van der Waals surface area contributed by atoms with Crippen LogP contribution in [0.5, 0.6) is 0 Å². The molecule has 0 aliphatic heterocycles. The van der Waals surface area contributed by atoms with Gasteiger partial charge < -0.3 is 4.12 Å². The maximum absolute atomic E-state index is 5.74. The smallest absolute Gasteiger partial charge is 0.256 e. The van der Waals surface area contributed by atoms with Gasteiger partial charge in [-0.2, -0.15) is 0 Å². The molecular weight excluding hydrogens is 227 g/mol. The van der Waals surface area contributed by atoms with Crippen molar-refractivity contribution in [1.29, 1.82) is 0 Å². The van der Waals surface area contributed by atoms with E-state index in [1.54, 1.807) is 0 Å². The molecule has 0 amide bonds. The van der Waals surface area contributed by atoms with E-state index in [9.17, 15) is 0 Å². The van der Waals surface area contributed by atoms with Crippen molar-refractivity contribution in [2.75, 3.05) is 0 Å². The van der Waals surface area contributed by atoms with Gasteiger partial charge in [-0.15, -0.1) is 23.2 Å². The Morgan fingerprint density at radius 3 is 2.58 bits per heavy atom. The lowest BCUT2D eigenvalue weighted by molar-refractivity contribution is 0.676. The monoisotopic (exact) mass is 231 g/mol. The highest BCUT2D eigenvalue weighted by Gasteiger charge is 2.08. The van der Waals surface area contributed by atoms with Gasteiger partial charge in [-0.1, -0.05) is 24.3 Å². The largest absolute Gasteiger partial charge is 0.454 e. The number of benzene rings is 1. The molecule has 5 radical (unpaired) electrons. The van der Waals surface area contributed by atoms with Crippen LogP contribution in [-0.4, -0.2) is 20.2 Å². The first-order chi connectivity index (χ1) is 5.75. The predicted octanol–water partition coefficient (Wildman–Crippen LogP) is 1.51. The summed E-state index contributed by atoms with van der Waals surface area (Å²) in [7, 11) is 3.16. The summed E-state index contributed by atoms with van der Waals surface area (Å²) in [4.78, 5) is -0.490. The van der Waals surface area contributed by atoms with Crippen molar-refractivity contribution >= 4 is 48.6 Å². The van der Waals surface area contributed by atoms with Crippen molar-refractivity contribution in [3.05, 3.63) is 29.8 Å². The van der Waals surface area contributed by atoms with E-state index in [2.05, 4.69) is 10.5 Å². The summed E-state index contributed by atoms with van der Waals surface area (Å²) in [5.41, 5.74) is 0.900. The molecule has 0 saturated heterocycles. The van der Waals surface area contributed by atoms with Crippen LogP contribution >= 0.6 is 23.2 Å². The highest BCUT2D eigenvalue weighted by Crippen LogP contribution is 2.22. The number of alkyl halides is 2. The van der Waals surface area contributed by atoms with Crippen LogP contribution in [0.3, 0.4) is 0 Å². The minimum absolute atomic E-state index is 0.223. The molecule has 0 aliphatic rings. The maximum atomic E-state index is 5.74. The van der Waals surface area contributed by atoms with Gasteiger partial charge in [0.1, 0.15) is 4.84 Å². The molecule has 1 aromatic carbocycles. The first kappa shape index (κ1) is 10.3. The Labute approximate surface area is 87.5 Å². The second-order valence-electron chi connectivity index (χ2n) is 2.09. The molecular formula is C7H5Cl2OSi2. The summed E-state index contributed by atoms with van der Waals surface area (Å²) in [6.07, 6.45) is 0. The van der Waals surface area contributed by atoms with Crippen LogP contribution in [0.15, 0.2) is 24.3 Å². The van der Waals surface area contributed by atoms with Gasteiger partial charge in [-0.3, -0.25) is 0 Å². The van der Waals surface area contributed by atoms with Gasteiger partial charge in [-0.05, 0) is 10.8 Å². The number of hydrogen-bond donors (Lipinski definition) is 0. The van der Waals surface area contributed by atoms with E-state index in [4.69, 9.17) is 27.3 Å². The van der Waals surface area contributed by atoms with Gasteiger partial charge >= 0.3 is 0 Å². The van der Waals surface area contributed by atoms with Crippen LogP contribution in [0.25, 0.3) is 0 Å². The molecule has 1 rings (SSSR count). The average Bonchev–Trinajstić information content (AvgIpc) is 2.05. The Morgan fingerprint density at radius 1 is 1.33 bits per heavy atom. The summed E-state index contributed by atoms with van der Waals surface area (Å²) < 4.78 is 4.83. The van der Waals surface area contributed by atoms with E-state index in [1.165, 1.54) is 0 Å². The molecule has 0 aromatic heterocycles. The van der Waals surface area contributed by atoms with Crippen molar-refractivity contribution in [3.8, 4) is 0 Å². The third kappa shape index (κ3) is 2.60. The zero-order valence-corrected chi connectivity index (χ0v) is 9.56. The maximum Gasteiger partial charge on any atom is 0.256 e. The molecule has 61 valence electrons. The van der Waals surface area contributed by atoms with Gasteiger partial charge in [0.05, 0.1) is 0 Å². The van der Waals surface area contributed by atoms with Gasteiger partial charge in [-0.25, -0.2) is 0 Å². The Bertz CT molecular complexity index is 255. The minimum atomic E-state index is -0.490. The normalized spacial score (nSPS) is 10.7. The van der Waals surface area contributed by atoms with Gasteiger partial charge in [0.15, 0.2) is 0 Å². The Hall–Kier alpha value is 0.194. The molecule has 5 heteroatoms. The molecule has 0 aliphatic carbocycles. The van der Waals surface area contributed by atoms with E-state index >= 15 is 0 Å². The molecule has 0 N–H and O–H groups in total. The van der Waals surface area contributed by atoms with Crippen LogP contribution in [0.4, 0.5) is 0 Å². The van der Waals surface area contributed by atoms with Crippen LogP contribution in [0.1, 0.15) is 10.4 Å². The lowest BCUT2D eigenvalue weighted by Crippen LogP contribution is -2.20. The zero-order chi connectivity index (χ0) is 8.97. The van der Waals surface area contributed by atoms with E-state index in [1.807, 2.05) is 24.3 Å². The van der Waals surface area contributed by atoms with Crippen molar-refractivity contribution in [2.24, 2.45) is 0 Å². The second kappa shape index (κ2) is 5.04. The third-order valence-corrected chi connectivity index (χ3v) is 2.91. The molecule has 0 spiro atoms. The molecule has 0 saturated carbocycles. The topological polar surface area (TPSA) is 9.23 Å². The van der Waals surface area contributed by atoms with E-state index < -0.39 is 4.84 Å². The van der Waals surface area contributed by atoms with Crippen molar-refractivity contribution < 1.29 is 4.12 Å². The van der Waals surface area contributed by atoms with Crippen LogP contribution in [0.2, 0.25) is 0 Å². The molecule has 1 aromatic rings. The van der Waals surface area contributed by atoms with Crippen LogP contribution in [-0.2, 0) is 4.12 Å². The number of rotatable bonds is 3. The fourth-order valence-electron chi connectivity index (χ4n) is 0.835. The molecule has 1 nitrogen and oxygen atoms in total. The zero-order valence-electron chi connectivity index (χ0n) is 6.05. The first-order valence-electron chi connectivity index (χ1n) is 3.21. The second-order valence-corrected chi connectivity index (χ2v) is 4.75. The van der Waals surface area contributed by atoms with Crippen molar-refractivity contribution in [3.63, 3.8) is 0 Å². The molecule has 0 unspecified atom stereocenters. The molecule has 0 bridgehead atoms. The Kier molecular flexibility index (Phi) is 4.31. The van der Waals surface area contributed by atoms with E-state index in [0.717, 1.165) is 10.8 Å². The van der Waals surface area contributed by atoms with Gasteiger partial charge in [0.25, 0.3) is 9.76 Å². The van der Waals surface area contributed by atoms with Crippen LogP contribution in [0, 0.1) is 0 Å². The van der Waals surface area contributed by atoms with E-state index in [-0.39, 0.29) is 9.76 Å². The first-order valence-corrected chi connectivity index (χ1v) is 5.40.